The van der Waals surface area contributed by atoms with E-state index in [2.05, 4.69) is 33.6 Å². The molecule has 0 aliphatic heterocycles. The van der Waals surface area contributed by atoms with Crippen molar-refractivity contribution in [2.24, 2.45) is 17.4 Å². The topological polar surface area (TPSA) is 209 Å². The van der Waals surface area contributed by atoms with Crippen LogP contribution in [0.5, 0.6) is 0 Å². The Labute approximate surface area is 213 Å². The SMILES string of the molecule is CC(C)C(NC(=O)C(Cc1c[nH]c2ccccc12)NC(=O)C(N)CC(N)=O)C(=O)NC(CS)C(=O)O. The van der Waals surface area contributed by atoms with Crippen LogP contribution in [-0.4, -0.2) is 69.6 Å². The number of H-pyrrole nitrogens is 1. The number of carbonyl (C=O) groups is 5. The highest BCUT2D eigenvalue weighted by atomic mass is 32.1. The van der Waals surface area contributed by atoms with Gasteiger partial charge in [0.05, 0.1) is 12.5 Å². The molecule has 2 rings (SSSR count). The van der Waals surface area contributed by atoms with E-state index in [1.165, 1.54) is 0 Å². The van der Waals surface area contributed by atoms with Crippen LogP contribution in [0, 0.1) is 5.92 Å². The lowest BCUT2D eigenvalue weighted by Crippen LogP contribution is -2.59. The quantitative estimate of drug-likeness (QED) is 0.155. The lowest BCUT2D eigenvalue weighted by atomic mass is 10.00. The molecular formula is C23H32N6O6S. The maximum atomic E-state index is 13.3. The smallest absolute Gasteiger partial charge is 0.327 e. The average Bonchev–Trinajstić information content (AvgIpc) is 3.22. The zero-order valence-corrected chi connectivity index (χ0v) is 20.9. The first-order valence-corrected chi connectivity index (χ1v) is 11.9. The van der Waals surface area contributed by atoms with Crippen molar-refractivity contribution in [2.75, 3.05) is 5.75 Å². The Morgan fingerprint density at radius 2 is 1.64 bits per heavy atom. The van der Waals surface area contributed by atoms with Crippen molar-refractivity contribution >= 4 is 53.1 Å². The summed E-state index contributed by atoms with van der Waals surface area (Å²) in [5.74, 6) is -4.75. The largest absolute Gasteiger partial charge is 0.480 e. The van der Waals surface area contributed by atoms with Gasteiger partial charge in [-0.25, -0.2) is 4.79 Å². The van der Waals surface area contributed by atoms with Crippen molar-refractivity contribution in [3.05, 3.63) is 36.0 Å². The number of benzene rings is 1. The van der Waals surface area contributed by atoms with E-state index in [0.29, 0.717) is 0 Å². The monoisotopic (exact) mass is 520 g/mol. The minimum atomic E-state index is -1.27. The summed E-state index contributed by atoms with van der Waals surface area (Å²) >= 11 is 3.93. The Morgan fingerprint density at radius 3 is 2.22 bits per heavy atom. The molecule has 9 N–H and O–H groups in total. The number of fused-ring (bicyclic) bond motifs is 1. The molecule has 196 valence electrons. The fraction of sp³-hybridized carbons (Fsp3) is 0.435. The number of aromatic amines is 1. The van der Waals surface area contributed by atoms with Gasteiger partial charge in [0.1, 0.15) is 18.1 Å². The second-order valence-electron chi connectivity index (χ2n) is 8.71. The summed E-state index contributed by atoms with van der Waals surface area (Å²) in [6.07, 6.45) is 1.34. The van der Waals surface area contributed by atoms with Crippen molar-refractivity contribution < 1.29 is 29.1 Å². The van der Waals surface area contributed by atoms with Crippen LogP contribution in [0.2, 0.25) is 0 Å². The summed E-state index contributed by atoms with van der Waals surface area (Å²) in [5, 5.41) is 17.5. The first kappa shape index (κ1) is 28.7. The normalized spacial score (nSPS) is 14.5. The molecule has 0 saturated heterocycles. The first-order valence-electron chi connectivity index (χ1n) is 11.3. The molecule has 1 heterocycles. The average molecular weight is 521 g/mol. The van der Waals surface area contributed by atoms with Gasteiger partial charge in [0.15, 0.2) is 0 Å². The molecule has 36 heavy (non-hydrogen) atoms. The van der Waals surface area contributed by atoms with Crippen LogP contribution in [0.3, 0.4) is 0 Å². The first-order chi connectivity index (χ1) is 16.9. The molecule has 1 aromatic carbocycles. The Hall–Kier alpha value is -3.58. The van der Waals surface area contributed by atoms with Crippen molar-refractivity contribution in [1.29, 1.82) is 0 Å². The number of rotatable bonds is 13. The van der Waals surface area contributed by atoms with Crippen LogP contribution < -0.4 is 27.4 Å². The summed E-state index contributed by atoms with van der Waals surface area (Å²) in [4.78, 5) is 64.3. The maximum absolute atomic E-state index is 13.3. The fourth-order valence-corrected chi connectivity index (χ4v) is 3.80. The van der Waals surface area contributed by atoms with E-state index in [9.17, 15) is 29.1 Å². The van der Waals surface area contributed by atoms with Gasteiger partial charge in [-0.3, -0.25) is 19.2 Å². The number of hydrogen-bond donors (Lipinski definition) is 8. The number of aromatic nitrogens is 1. The molecule has 4 unspecified atom stereocenters. The highest BCUT2D eigenvalue weighted by Gasteiger charge is 2.32. The van der Waals surface area contributed by atoms with Gasteiger partial charge in [0.2, 0.25) is 23.6 Å². The lowest BCUT2D eigenvalue weighted by molar-refractivity contribution is -0.142. The molecule has 0 radical (unpaired) electrons. The molecule has 0 saturated carbocycles. The molecule has 0 fully saturated rings. The van der Waals surface area contributed by atoms with Crippen molar-refractivity contribution in [3.8, 4) is 0 Å². The van der Waals surface area contributed by atoms with Gasteiger partial charge in [0, 0.05) is 29.3 Å². The summed E-state index contributed by atoms with van der Waals surface area (Å²) in [6.45, 7) is 3.36. The van der Waals surface area contributed by atoms with Gasteiger partial charge in [-0.15, -0.1) is 0 Å². The van der Waals surface area contributed by atoms with E-state index in [4.69, 9.17) is 11.5 Å². The highest BCUT2D eigenvalue weighted by Crippen LogP contribution is 2.19. The van der Waals surface area contributed by atoms with Gasteiger partial charge in [-0.05, 0) is 17.5 Å². The maximum Gasteiger partial charge on any atom is 0.327 e. The second-order valence-corrected chi connectivity index (χ2v) is 9.08. The number of nitrogens with two attached hydrogens (primary N) is 2. The van der Waals surface area contributed by atoms with Crippen LogP contribution in [-0.2, 0) is 30.4 Å². The third-order valence-corrected chi connectivity index (χ3v) is 5.90. The molecule has 12 nitrogen and oxygen atoms in total. The zero-order chi connectivity index (χ0) is 27.0. The Morgan fingerprint density at radius 1 is 1.00 bits per heavy atom. The number of aliphatic carboxylic acids is 1. The molecule has 0 spiro atoms. The molecule has 4 atom stereocenters. The predicted octanol–water partition coefficient (Wildman–Crippen LogP) is -0.962. The van der Waals surface area contributed by atoms with Crippen LogP contribution in [0.4, 0.5) is 0 Å². The number of para-hydroxylation sites is 1. The molecule has 0 bridgehead atoms. The summed E-state index contributed by atoms with van der Waals surface area (Å²) in [6, 6.07) is 2.61. The highest BCUT2D eigenvalue weighted by molar-refractivity contribution is 7.80. The zero-order valence-electron chi connectivity index (χ0n) is 20.0. The third-order valence-electron chi connectivity index (χ3n) is 5.53. The molecule has 0 aliphatic carbocycles. The van der Waals surface area contributed by atoms with Crippen LogP contribution in [0.25, 0.3) is 10.9 Å². The molecule has 2 aromatic rings. The Balaban J connectivity index is 2.28. The van der Waals surface area contributed by atoms with Crippen LogP contribution >= 0.6 is 12.6 Å². The number of carboxylic acids is 1. The summed E-state index contributed by atoms with van der Waals surface area (Å²) in [5.41, 5.74) is 12.4. The van der Waals surface area contributed by atoms with E-state index in [1.807, 2.05) is 24.3 Å². The molecule has 1 aromatic heterocycles. The number of nitrogens with one attached hydrogen (secondary N) is 4. The molecule has 4 amide bonds. The number of hydrogen-bond acceptors (Lipinski definition) is 7. The number of primary amides is 1. The van der Waals surface area contributed by atoms with Crippen LogP contribution in [0.1, 0.15) is 25.8 Å². The fourth-order valence-electron chi connectivity index (χ4n) is 3.55. The van der Waals surface area contributed by atoms with E-state index < -0.39 is 66.1 Å². The van der Waals surface area contributed by atoms with Crippen molar-refractivity contribution in [3.63, 3.8) is 0 Å². The summed E-state index contributed by atoms with van der Waals surface area (Å²) in [7, 11) is 0. The van der Waals surface area contributed by atoms with Gasteiger partial charge < -0.3 is 37.5 Å². The van der Waals surface area contributed by atoms with Crippen LogP contribution in [0.15, 0.2) is 30.5 Å². The minimum absolute atomic E-state index is 0.0473. The summed E-state index contributed by atoms with van der Waals surface area (Å²) < 4.78 is 0. The Bertz CT molecular complexity index is 1120. The van der Waals surface area contributed by atoms with Crippen molar-refractivity contribution in [1.82, 2.24) is 20.9 Å². The number of carboxylic acid groups (broad SMARTS) is 1. The molecule has 13 heteroatoms. The third kappa shape index (κ3) is 7.71. The predicted molar refractivity (Wildman–Crippen MR) is 136 cm³/mol. The second kappa shape index (κ2) is 12.9. The van der Waals surface area contributed by atoms with E-state index in [0.717, 1.165) is 16.5 Å². The Kier molecular flexibility index (Phi) is 10.3. The molecule has 0 aliphatic rings. The standard InChI is InChI=1S/C23H32N6O6S/c1-11(2)19(22(33)28-17(10-36)23(34)35)29-21(32)16(27-20(31)14(24)8-18(25)30)7-12-9-26-15-6-4-3-5-13(12)15/h3-6,9,11,14,16-17,19,26,36H,7-8,10,24H2,1-2H3,(H2,25,30)(H,27,31)(H,28,33)(H,29,32)(H,34,35). The van der Waals surface area contributed by atoms with E-state index in [-0.39, 0.29) is 12.2 Å². The number of carbonyl (C=O) groups excluding carboxylic acids is 4. The lowest BCUT2D eigenvalue weighted by Gasteiger charge is -2.27. The van der Waals surface area contributed by atoms with Gasteiger partial charge in [-0.2, -0.15) is 12.6 Å². The number of amides is 4. The van der Waals surface area contributed by atoms with E-state index in [1.54, 1.807) is 20.0 Å². The van der Waals surface area contributed by atoms with E-state index >= 15 is 0 Å². The van der Waals surface area contributed by atoms with Gasteiger partial charge in [-0.1, -0.05) is 32.0 Å². The van der Waals surface area contributed by atoms with Gasteiger partial charge in [0.25, 0.3) is 0 Å². The van der Waals surface area contributed by atoms with Gasteiger partial charge >= 0.3 is 5.97 Å². The minimum Gasteiger partial charge on any atom is -0.480 e. The molecular weight excluding hydrogens is 488 g/mol. The number of thiol groups is 1. The van der Waals surface area contributed by atoms with Crippen molar-refractivity contribution in [2.45, 2.75) is 50.9 Å².